The molecule has 0 atom stereocenters. The van der Waals surface area contributed by atoms with Gasteiger partial charge in [-0.3, -0.25) is 14.6 Å². The van der Waals surface area contributed by atoms with Crippen LogP contribution in [-0.2, 0) is 0 Å². The molecule has 0 aliphatic carbocycles. The predicted molar refractivity (Wildman–Crippen MR) is 75.2 cm³/mol. The molecule has 0 aliphatic heterocycles. The minimum Gasteiger partial charge on any atom is -0.485 e. The van der Waals surface area contributed by atoms with Crippen molar-refractivity contribution in [2.45, 2.75) is 0 Å². The zero-order chi connectivity index (χ0) is 14.8. The average Bonchev–Trinajstić information content (AvgIpc) is 2.90. The summed E-state index contributed by atoms with van der Waals surface area (Å²) < 4.78 is 5.33. The second kappa shape index (κ2) is 5.08. The summed E-state index contributed by atoms with van der Waals surface area (Å²) >= 11 is 0. The van der Waals surface area contributed by atoms with Gasteiger partial charge >= 0.3 is 0 Å². The van der Waals surface area contributed by atoms with Crippen molar-refractivity contribution in [3.8, 4) is 5.75 Å². The molecule has 0 saturated carbocycles. The predicted octanol–water partition coefficient (Wildman–Crippen LogP) is 0.490. The molecular formula is C13H11N5O3. The van der Waals surface area contributed by atoms with Gasteiger partial charge in [0.1, 0.15) is 5.75 Å². The molecule has 21 heavy (non-hydrogen) atoms. The molecule has 0 bridgehead atoms. The zero-order valence-corrected chi connectivity index (χ0v) is 10.8. The molecule has 106 valence electrons. The molecule has 0 unspecified atom stereocenters. The first-order chi connectivity index (χ1) is 10.1. The third kappa shape index (κ3) is 2.59. The molecule has 0 spiro atoms. The van der Waals surface area contributed by atoms with Crippen LogP contribution < -0.4 is 16.0 Å². The van der Waals surface area contributed by atoms with Crippen LogP contribution in [0.5, 0.6) is 5.75 Å². The highest BCUT2D eigenvalue weighted by atomic mass is 16.5. The van der Waals surface area contributed by atoms with Gasteiger partial charge in [-0.25, -0.2) is 4.98 Å². The number of hydrogen-bond donors (Lipinski definition) is 3. The number of nitrogens with one attached hydrogen (secondary N) is 2. The highest BCUT2D eigenvalue weighted by molar-refractivity contribution is 5.96. The Labute approximate surface area is 118 Å². The fraction of sp³-hybridized carbons (Fsp3) is 0.0769. The molecule has 8 heteroatoms. The van der Waals surface area contributed by atoms with Crippen LogP contribution in [-0.4, -0.2) is 32.3 Å². The summed E-state index contributed by atoms with van der Waals surface area (Å²) in [6.07, 6.45) is 0. The first-order valence-electron chi connectivity index (χ1n) is 6.10. The summed E-state index contributed by atoms with van der Waals surface area (Å²) in [4.78, 5) is 36.4. The van der Waals surface area contributed by atoms with Crippen molar-refractivity contribution >= 4 is 22.9 Å². The number of carbonyl (C=O) groups excluding carboxylic acids is 1. The second-order valence-corrected chi connectivity index (χ2v) is 4.26. The topological polar surface area (TPSA) is 127 Å². The molecule has 0 radical (unpaired) electrons. The molecule has 3 aromatic rings. The molecule has 8 nitrogen and oxygen atoms in total. The van der Waals surface area contributed by atoms with Crippen LogP contribution in [0.1, 0.15) is 10.6 Å². The van der Waals surface area contributed by atoms with Crippen LogP contribution in [0, 0.1) is 0 Å². The highest BCUT2D eigenvalue weighted by Gasteiger charge is 2.15. The largest absolute Gasteiger partial charge is 0.485 e. The van der Waals surface area contributed by atoms with Crippen LogP contribution in [0.4, 0.5) is 5.95 Å². The number of para-hydroxylation sites is 1. The molecule has 3 rings (SSSR count). The molecule has 4 N–H and O–H groups in total. The molecule has 0 amide bonds. The van der Waals surface area contributed by atoms with Gasteiger partial charge in [0, 0.05) is 0 Å². The quantitative estimate of drug-likeness (QED) is 0.599. The third-order valence-electron chi connectivity index (χ3n) is 2.76. The van der Waals surface area contributed by atoms with Crippen molar-refractivity contribution in [3.63, 3.8) is 0 Å². The van der Waals surface area contributed by atoms with Gasteiger partial charge in [0.05, 0.1) is 0 Å². The summed E-state index contributed by atoms with van der Waals surface area (Å²) in [5.74, 6) is 0.125. The van der Waals surface area contributed by atoms with E-state index in [1.54, 1.807) is 24.3 Å². The SMILES string of the molecule is Nc1nc2nc(C(=O)COc3ccccc3)[nH]c2c(=O)[nH]1. The number of imidazole rings is 1. The number of aromatic nitrogens is 4. The number of Topliss-reactive ketones (excluding diaryl/α,β-unsaturated/α-hetero) is 1. The number of carbonyl (C=O) groups is 1. The number of ketones is 1. The van der Waals surface area contributed by atoms with Crippen molar-refractivity contribution in [2.75, 3.05) is 12.3 Å². The lowest BCUT2D eigenvalue weighted by Gasteiger charge is -2.02. The van der Waals surface area contributed by atoms with Crippen molar-refractivity contribution in [1.29, 1.82) is 0 Å². The number of rotatable bonds is 4. The Morgan fingerprint density at radius 1 is 1.19 bits per heavy atom. The van der Waals surface area contributed by atoms with Crippen LogP contribution >= 0.6 is 0 Å². The van der Waals surface area contributed by atoms with E-state index in [1.807, 2.05) is 6.07 Å². The minimum atomic E-state index is -0.479. The van der Waals surface area contributed by atoms with Gasteiger partial charge in [0.2, 0.25) is 11.7 Å². The van der Waals surface area contributed by atoms with Crippen LogP contribution in [0.25, 0.3) is 11.2 Å². The number of anilines is 1. The monoisotopic (exact) mass is 285 g/mol. The molecule has 2 heterocycles. The van der Waals surface area contributed by atoms with Gasteiger partial charge in [0.25, 0.3) is 5.56 Å². The van der Waals surface area contributed by atoms with Gasteiger partial charge in [-0.2, -0.15) is 4.98 Å². The number of nitrogens with zero attached hydrogens (tertiary/aromatic N) is 2. The Bertz CT molecular complexity index is 853. The maximum absolute atomic E-state index is 12.0. The molecule has 1 aromatic carbocycles. The summed E-state index contributed by atoms with van der Waals surface area (Å²) in [6, 6.07) is 8.91. The van der Waals surface area contributed by atoms with E-state index in [9.17, 15) is 9.59 Å². The van der Waals surface area contributed by atoms with E-state index in [2.05, 4.69) is 19.9 Å². The zero-order valence-electron chi connectivity index (χ0n) is 10.8. The van der Waals surface area contributed by atoms with Crippen LogP contribution in [0.15, 0.2) is 35.1 Å². The van der Waals surface area contributed by atoms with Gasteiger partial charge < -0.3 is 15.5 Å². The van der Waals surface area contributed by atoms with Crippen molar-refractivity contribution in [2.24, 2.45) is 0 Å². The highest BCUT2D eigenvalue weighted by Crippen LogP contribution is 2.10. The molecule has 0 aliphatic rings. The normalized spacial score (nSPS) is 10.7. The smallest absolute Gasteiger partial charge is 0.278 e. The number of aromatic amines is 2. The van der Waals surface area contributed by atoms with Crippen molar-refractivity contribution in [3.05, 3.63) is 46.5 Å². The Kier molecular flexibility index (Phi) is 3.11. The number of ether oxygens (including phenoxy) is 1. The number of nitrogens with two attached hydrogens (primary N) is 1. The average molecular weight is 285 g/mol. The summed E-state index contributed by atoms with van der Waals surface area (Å²) in [5.41, 5.74) is 5.14. The van der Waals surface area contributed by atoms with Crippen LogP contribution in [0.2, 0.25) is 0 Å². The summed E-state index contributed by atoms with van der Waals surface area (Å²) in [5, 5.41) is 0. The standard InChI is InChI=1S/C13H11N5O3/c14-13-17-11-9(12(20)18-13)15-10(16-11)8(19)6-21-7-4-2-1-3-5-7/h1-5H,6H2,(H4,14,15,16,17,18,20). The van der Waals surface area contributed by atoms with E-state index in [0.717, 1.165) is 0 Å². The molecule has 0 saturated heterocycles. The minimum absolute atomic E-state index is 0.00420. The number of hydrogen-bond acceptors (Lipinski definition) is 6. The Morgan fingerprint density at radius 3 is 2.71 bits per heavy atom. The maximum Gasteiger partial charge on any atom is 0.278 e. The molecular weight excluding hydrogens is 274 g/mol. The number of H-pyrrole nitrogens is 2. The number of nitrogen functional groups attached to an aromatic ring is 1. The van der Waals surface area contributed by atoms with E-state index in [4.69, 9.17) is 10.5 Å². The fourth-order valence-electron chi connectivity index (χ4n) is 1.79. The van der Waals surface area contributed by atoms with Gasteiger partial charge in [-0.05, 0) is 12.1 Å². The first-order valence-corrected chi connectivity index (χ1v) is 6.10. The molecule has 0 fully saturated rings. The lowest BCUT2D eigenvalue weighted by atomic mass is 10.3. The van der Waals surface area contributed by atoms with E-state index >= 15 is 0 Å². The van der Waals surface area contributed by atoms with E-state index in [1.165, 1.54) is 0 Å². The summed E-state index contributed by atoms with van der Waals surface area (Å²) in [7, 11) is 0. The lowest BCUT2D eigenvalue weighted by molar-refractivity contribution is 0.0912. The van der Waals surface area contributed by atoms with Crippen molar-refractivity contribution in [1.82, 2.24) is 19.9 Å². The molecule has 2 aromatic heterocycles. The number of fused-ring (bicyclic) bond motifs is 1. The fourth-order valence-corrected chi connectivity index (χ4v) is 1.79. The lowest BCUT2D eigenvalue weighted by Crippen LogP contribution is -2.13. The van der Waals surface area contributed by atoms with Gasteiger partial charge in [0.15, 0.2) is 23.6 Å². The summed E-state index contributed by atoms with van der Waals surface area (Å²) in [6.45, 7) is -0.197. The third-order valence-corrected chi connectivity index (χ3v) is 2.76. The Balaban J connectivity index is 1.82. The van der Waals surface area contributed by atoms with Gasteiger partial charge in [-0.1, -0.05) is 18.2 Å². The number of benzene rings is 1. The van der Waals surface area contributed by atoms with E-state index in [-0.39, 0.29) is 29.5 Å². The first kappa shape index (κ1) is 12.9. The second-order valence-electron chi connectivity index (χ2n) is 4.26. The van der Waals surface area contributed by atoms with Crippen LogP contribution in [0.3, 0.4) is 0 Å². The van der Waals surface area contributed by atoms with Gasteiger partial charge in [-0.15, -0.1) is 0 Å². The van der Waals surface area contributed by atoms with E-state index in [0.29, 0.717) is 5.75 Å². The van der Waals surface area contributed by atoms with E-state index < -0.39 is 11.3 Å². The maximum atomic E-state index is 12.0. The van der Waals surface area contributed by atoms with Crippen molar-refractivity contribution < 1.29 is 9.53 Å². The Morgan fingerprint density at radius 2 is 1.95 bits per heavy atom. The Hall–Kier alpha value is -3.16.